The summed E-state index contributed by atoms with van der Waals surface area (Å²) in [5.74, 6) is 0.479. The SMILES string of the molecule is CN1CCN(Cc2nc3nc(-c4cnc(N)cc4C(F)(F)F)nc(N4CCOCC4)c3o2)CC1. The maximum absolute atomic E-state index is 13.8. The molecule has 5 rings (SSSR count). The van der Waals surface area contributed by atoms with Crippen molar-refractivity contribution in [2.45, 2.75) is 12.7 Å². The zero-order valence-electron chi connectivity index (χ0n) is 18.7. The lowest BCUT2D eigenvalue weighted by molar-refractivity contribution is -0.137. The van der Waals surface area contributed by atoms with Crippen molar-refractivity contribution in [3.8, 4) is 11.4 Å². The Kier molecular flexibility index (Phi) is 6.00. The Morgan fingerprint density at radius 2 is 1.76 bits per heavy atom. The number of oxazole rings is 1. The Bertz CT molecular complexity index is 1170. The van der Waals surface area contributed by atoms with E-state index in [4.69, 9.17) is 14.9 Å². The predicted octanol–water partition coefficient (Wildman–Crippen LogP) is 1.86. The molecule has 2 saturated heterocycles. The molecule has 0 saturated carbocycles. The van der Waals surface area contributed by atoms with Gasteiger partial charge < -0.3 is 24.7 Å². The van der Waals surface area contributed by atoms with Crippen LogP contribution in [0.25, 0.3) is 22.6 Å². The summed E-state index contributed by atoms with van der Waals surface area (Å²) in [4.78, 5) is 23.6. The molecule has 0 unspecified atom stereocenters. The largest absolute Gasteiger partial charge is 0.434 e. The van der Waals surface area contributed by atoms with E-state index in [1.54, 1.807) is 0 Å². The first-order chi connectivity index (χ1) is 16.3. The van der Waals surface area contributed by atoms with Crippen molar-refractivity contribution in [1.29, 1.82) is 0 Å². The molecule has 2 aliphatic rings. The van der Waals surface area contributed by atoms with Gasteiger partial charge in [-0.2, -0.15) is 18.2 Å². The Balaban J connectivity index is 1.58. The number of likely N-dealkylation sites (N-methyl/N-ethyl adjacent to an activating group) is 1. The van der Waals surface area contributed by atoms with Gasteiger partial charge in [0.25, 0.3) is 0 Å². The number of aromatic nitrogens is 4. The van der Waals surface area contributed by atoms with E-state index in [1.165, 1.54) is 0 Å². The molecule has 182 valence electrons. The molecule has 5 heterocycles. The number of hydrogen-bond acceptors (Lipinski definition) is 10. The molecule has 2 aliphatic heterocycles. The van der Waals surface area contributed by atoms with Crippen LogP contribution in [-0.2, 0) is 17.5 Å². The van der Waals surface area contributed by atoms with Crippen LogP contribution >= 0.6 is 0 Å². The van der Waals surface area contributed by atoms with Gasteiger partial charge in [-0.15, -0.1) is 0 Å². The Labute approximate surface area is 193 Å². The van der Waals surface area contributed by atoms with Gasteiger partial charge in [0.15, 0.2) is 11.6 Å². The lowest BCUT2D eigenvalue weighted by Gasteiger charge is -2.31. The van der Waals surface area contributed by atoms with Crippen LogP contribution in [0.5, 0.6) is 0 Å². The van der Waals surface area contributed by atoms with E-state index in [0.29, 0.717) is 50.1 Å². The minimum atomic E-state index is -4.65. The molecule has 0 aliphatic carbocycles. The molecule has 34 heavy (non-hydrogen) atoms. The summed E-state index contributed by atoms with van der Waals surface area (Å²) in [6.07, 6.45) is -3.60. The van der Waals surface area contributed by atoms with Crippen molar-refractivity contribution in [1.82, 2.24) is 29.7 Å². The second-order valence-electron chi connectivity index (χ2n) is 8.46. The maximum atomic E-state index is 13.8. The number of piperazine rings is 1. The van der Waals surface area contributed by atoms with Gasteiger partial charge in [-0.05, 0) is 13.1 Å². The van der Waals surface area contributed by atoms with Crippen LogP contribution in [0.3, 0.4) is 0 Å². The van der Waals surface area contributed by atoms with Crippen molar-refractivity contribution in [2.75, 3.05) is 70.2 Å². The number of ether oxygens (including phenoxy) is 1. The topological polar surface area (TPSA) is 110 Å². The van der Waals surface area contributed by atoms with Crippen molar-refractivity contribution in [3.63, 3.8) is 0 Å². The average molecular weight is 478 g/mol. The second-order valence-corrected chi connectivity index (χ2v) is 8.46. The second kappa shape index (κ2) is 8.96. The number of rotatable bonds is 4. The number of nitrogens with zero attached hydrogens (tertiary/aromatic N) is 7. The summed E-state index contributed by atoms with van der Waals surface area (Å²) in [5.41, 5.74) is 4.88. The number of nitrogen functional groups attached to an aromatic ring is 1. The van der Waals surface area contributed by atoms with Crippen LogP contribution in [0.15, 0.2) is 16.7 Å². The van der Waals surface area contributed by atoms with E-state index >= 15 is 0 Å². The molecule has 3 aromatic heterocycles. The highest BCUT2D eigenvalue weighted by molar-refractivity contribution is 5.84. The summed E-state index contributed by atoms with van der Waals surface area (Å²) >= 11 is 0. The number of anilines is 2. The fourth-order valence-corrected chi connectivity index (χ4v) is 4.11. The van der Waals surface area contributed by atoms with Gasteiger partial charge in [0.05, 0.1) is 30.9 Å². The molecule has 0 amide bonds. The van der Waals surface area contributed by atoms with Gasteiger partial charge in [0.2, 0.25) is 17.1 Å². The first kappa shape index (κ1) is 22.7. The third kappa shape index (κ3) is 4.63. The monoisotopic (exact) mass is 478 g/mol. The smallest absolute Gasteiger partial charge is 0.417 e. The number of nitrogens with two attached hydrogens (primary N) is 1. The van der Waals surface area contributed by atoms with Crippen molar-refractivity contribution >= 4 is 22.9 Å². The predicted molar refractivity (Wildman–Crippen MR) is 118 cm³/mol. The van der Waals surface area contributed by atoms with Gasteiger partial charge >= 0.3 is 6.18 Å². The number of morpholine rings is 1. The highest BCUT2D eigenvalue weighted by Gasteiger charge is 2.36. The summed E-state index contributed by atoms with van der Waals surface area (Å²) in [6, 6.07) is 0.791. The quantitative estimate of drug-likeness (QED) is 0.597. The lowest BCUT2D eigenvalue weighted by atomic mass is 10.1. The number of fused-ring (bicyclic) bond motifs is 1. The third-order valence-corrected chi connectivity index (χ3v) is 6.02. The molecule has 0 spiro atoms. The Morgan fingerprint density at radius 1 is 1.03 bits per heavy atom. The van der Waals surface area contributed by atoms with Crippen molar-refractivity contribution < 1.29 is 22.3 Å². The first-order valence-electron chi connectivity index (χ1n) is 11.0. The van der Waals surface area contributed by atoms with E-state index in [9.17, 15) is 13.2 Å². The summed E-state index contributed by atoms with van der Waals surface area (Å²) in [7, 11) is 2.07. The fourth-order valence-electron chi connectivity index (χ4n) is 4.11. The van der Waals surface area contributed by atoms with E-state index < -0.39 is 11.7 Å². The molecular weight excluding hydrogens is 453 g/mol. The maximum Gasteiger partial charge on any atom is 0.417 e. The molecule has 0 bridgehead atoms. The average Bonchev–Trinajstić information content (AvgIpc) is 3.22. The number of hydrogen-bond donors (Lipinski definition) is 1. The zero-order valence-corrected chi connectivity index (χ0v) is 18.7. The molecule has 0 aromatic carbocycles. The van der Waals surface area contributed by atoms with E-state index in [2.05, 4.69) is 36.8 Å². The summed E-state index contributed by atoms with van der Waals surface area (Å²) in [5, 5.41) is 0. The van der Waals surface area contributed by atoms with Gasteiger partial charge in [0.1, 0.15) is 5.82 Å². The highest BCUT2D eigenvalue weighted by atomic mass is 19.4. The first-order valence-corrected chi connectivity index (χ1v) is 11.0. The van der Waals surface area contributed by atoms with Crippen LogP contribution in [-0.4, -0.2) is 89.3 Å². The Hall–Kier alpha value is -3.03. The molecule has 2 fully saturated rings. The van der Waals surface area contributed by atoms with Gasteiger partial charge in [-0.3, -0.25) is 4.90 Å². The zero-order chi connectivity index (χ0) is 23.9. The number of halogens is 3. The minimum Gasteiger partial charge on any atom is -0.434 e. The van der Waals surface area contributed by atoms with Gasteiger partial charge in [0, 0.05) is 45.5 Å². The standard InChI is InChI=1S/C21H25F3N8O2/c1-30-2-4-31(5-3-30)12-16-27-19-17(34-16)20(32-6-8-33-9-7-32)29-18(28-19)13-11-26-15(25)10-14(13)21(22,23)24/h10-11H,2-9,12H2,1H3,(H2,25,26). The molecule has 3 aromatic rings. The fraction of sp³-hybridized carbons (Fsp3) is 0.524. The van der Waals surface area contributed by atoms with Crippen LogP contribution in [0, 0.1) is 0 Å². The Morgan fingerprint density at radius 3 is 2.47 bits per heavy atom. The highest BCUT2D eigenvalue weighted by Crippen LogP contribution is 2.38. The van der Waals surface area contributed by atoms with E-state index in [1.807, 2.05) is 4.90 Å². The van der Waals surface area contributed by atoms with E-state index in [0.717, 1.165) is 38.4 Å². The van der Waals surface area contributed by atoms with Crippen LogP contribution in [0.1, 0.15) is 11.5 Å². The van der Waals surface area contributed by atoms with E-state index in [-0.39, 0.29) is 22.9 Å². The third-order valence-electron chi connectivity index (χ3n) is 6.02. The van der Waals surface area contributed by atoms with Gasteiger partial charge in [-0.25, -0.2) is 15.0 Å². The molecule has 10 nitrogen and oxygen atoms in total. The molecular formula is C21H25F3N8O2. The minimum absolute atomic E-state index is 0.131. The normalized spacial score (nSPS) is 18.6. The van der Waals surface area contributed by atoms with Crippen LogP contribution < -0.4 is 10.6 Å². The summed E-state index contributed by atoms with van der Waals surface area (Å²) < 4.78 is 52.8. The molecule has 13 heteroatoms. The van der Waals surface area contributed by atoms with Gasteiger partial charge in [-0.1, -0.05) is 0 Å². The number of pyridine rings is 1. The molecule has 0 radical (unpaired) electrons. The lowest BCUT2D eigenvalue weighted by Crippen LogP contribution is -2.43. The van der Waals surface area contributed by atoms with Crippen molar-refractivity contribution in [2.24, 2.45) is 0 Å². The number of alkyl halides is 3. The van der Waals surface area contributed by atoms with Crippen molar-refractivity contribution in [3.05, 3.63) is 23.7 Å². The molecule has 2 N–H and O–H groups in total. The molecule has 0 atom stereocenters. The summed E-state index contributed by atoms with van der Waals surface area (Å²) in [6.45, 7) is 6.09. The van der Waals surface area contributed by atoms with Crippen LogP contribution in [0.4, 0.5) is 24.8 Å². The van der Waals surface area contributed by atoms with Crippen LogP contribution in [0.2, 0.25) is 0 Å².